The minimum Gasteiger partial charge on any atom is -0.335 e. The van der Waals surface area contributed by atoms with Crippen LogP contribution in [0.2, 0.25) is 0 Å². The zero-order chi connectivity index (χ0) is 15.3. The van der Waals surface area contributed by atoms with Crippen molar-refractivity contribution >= 4 is 10.0 Å². The van der Waals surface area contributed by atoms with Crippen LogP contribution in [0.4, 0.5) is 0 Å². The maximum absolute atomic E-state index is 12.1. The SMILES string of the molecule is CCC[NH+]1CCC([NH+]2CCN(S(=O)(=O)CCC)CC2)CC1. The third-order valence-corrected chi connectivity index (χ3v) is 7.17. The number of nitrogens with one attached hydrogen (secondary N) is 2. The minimum absolute atomic E-state index is 0.307. The maximum Gasteiger partial charge on any atom is 0.214 e. The quantitative estimate of drug-likeness (QED) is 0.618. The topological polar surface area (TPSA) is 46.3 Å². The van der Waals surface area contributed by atoms with Gasteiger partial charge in [0.1, 0.15) is 0 Å². The van der Waals surface area contributed by atoms with Gasteiger partial charge in [0.25, 0.3) is 0 Å². The smallest absolute Gasteiger partial charge is 0.214 e. The van der Waals surface area contributed by atoms with Crippen LogP contribution in [0.25, 0.3) is 0 Å². The highest BCUT2D eigenvalue weighted by atomic mass is 32.2. The lowest BCUT2D eigenvalue weighted by Crippen LogP contribution is -3.22. The Hall–Kier alpha value is -0.170. The molecule has 2 fully saturated rings. The van der Waals surface area contributed by atoms with Crippen molar-refractivity contribution in [3.8, 4) is 0 Å². The van der Waals surface area contributed by atoms with Crippen LogP contribution in [-0.4, -0.2) is 70.3 Å². The van der Waals surface area contributed by atoms with E-state index in [0.29, 0.717) is 12.2 Å². The number of hydrogen-bond acceptors (Lipinski definition) is 2. The number of piperazine rings is 1. The zero-order valence-corrected chi connectivity index (χ0v) is 14.6. The lowest BCUT2D eigenvalue weighted by Gasteiger charge is -2.38. The summed E-state index contributed by atoms with van der Waals surface area (Å²) in [5, 5.41) is 0. The molecule has 2 aliphatic heterocycles. The number of nitrogens with zero attached hydrogens (tertiary/aromatic N) is 1. The van der Waals surface area contributed by atoms with Crippen LogP contribution in [0.1, 0.15) is 39.5 Å². The monoisotopic (exact) mass is 319 g/mol. The lowest BCUT2D eigenvalue weighted by molar-refractivity contribution is -0.959. The van der Waals surface area contributed by atoms with Crippen molar-refractivity contribution in [1.29, 1.82) is 0 Å². The number of rotatable bonds is 6. The van der Waals surface area contributed by atoms with Crippen LogP contribution in [0, 0.1) is 0 Å². The van der Waals surface area contributed by atoms with Crippen molar-refractivity contribution in [2.75, 3.05) is 51.6 Å². The van der Waals surface area contributed by atoms with Gasteiger partial charge in [-0.05, 0) is 12.8 Å². The normalized spacial score (nSPS) is 29.6. The van der Waals surface area contributed by atoms with Crippen molar-refractivity contribution < 1.29 is 18.2 Å². The Kier molecular flexibility index (Phi) is 6.47. The van der Waals surface area contributed by atoms with Gasteiger partial charge in [-0.25, -0.2) is 8.42 Å². The molecule has 2 rings (SSSR count). The van der Waals surface area contributed by atoms with Gasteiger partial charge in [0.05, 0.1) is 57.6 Å². The Morgan fingerprint density at radius 3 is 2.14 bits per heavy atom. The highest BCUT2D eigenvalue weighted by molar-refractivity contribution is 7.89. The van der Waals surface area contributed by atoms with Gasteiger partial charge in [-0.3, -0.25) is 0 Å². The first-order chi connectivity index (χ1) is 10.1. The largest absolute Gasteiger partial charge is 0.335 e. The summed E-state index contributed by atoms with van der Waals surface area (Å²) in [4.78, 5) is 3.41. The van der Waals surface area contributed by atoms with Gasteiger partial charge in [0.2, 0.25) is 10.0 Å². The molecular formula is C15H33N3O2S+2. The van der Waals surface area contributed by atoms with Crippen molar-refractivity contribution in [2.24, 2.45) is 0 Å². The summed E-state index contributed by atoms with van der Waals surface area (Å²) >= 11 is 0. The second-order valence-corrected chi connectivity index (χ2v) is 8.74. The Labute approximate surface area is 130 Å². The zero-order valence-electron chi connectivity index (χ0n) is 13.7. The summed E-state index contributed by atoms with van der Waals surface area (Å²) in [6, 6.07) is 0.765. The van der Waals surface area contributed by atoms with Crippen molar-refractivity contribution in [1.82, 2.24) is 4.31 Å². The molecule has 5 nitrogen and oxygen atoms in total. The molecule has 21 heavy (non-hydrogen) atoms. The van der Waals surface area contributed by atoms with Crippen LogP contribution in [0.15, 0.2) is 0 Å². The van der Waals surface area contributed by atoms with Crippen LogP contribution in [0.3, 0.4) is 0 Å². The number of quaternary nitrogens is 2. The first-order valence-corrected chi connectivity index (χ1v) is 10.3. The summed E-state index contributed by atoms with van der Waals surface area (Å²) in [6.45, 7) is 11.6. The van der Waals surface area contributed by atoms with Crippen molar-refractivity contribution in [3.63, 3.8) is 0 Å². The van der Waals surface area contributed by atoms with E-state index in [1.807, 2.05) is 6.92 Å². The van der Waals surface area contributed by atoms with Crippen LogP contribution >= 0.6 is 0 Å². The number of piperidine rings is 1. The molecule has 6 heteroatoms. The van der Waals surface area contributed by atoms with Crippen LogP contribution in [0.5, 0.6) is 0 Å². The molecule has 0 spiro atoms. The number of sulfonamides is 1. The molecular weight excluding hydrogens is 286 g/mol. The van der Waals surface area contributed by atoms with E-state index in [1.54, 1.807) is 14.1 Å². The molecule has 0 radical (unpaired) electrons. The van der Waals surface area contributed by atoms with Crippen molar-refractivity contribution in [3.05, 3.63) is 0 Å². The Morgan fingerprint density at radius 2 is 1.62 bits per heavy atom. The molecule has 0 saturated carbocycles. The minimum atomic E-state index is -2.99. The van der Waals surface area contributed by atoms with Crippen LogP contribution in [-0.2, 0) is 10.0 Å². The van der Waals surface area contributed by atoms with Crippen LogP contribution < -0.4 is 9.80 Å². The van der Waals surface area contributed by atoms with Gasteiger partial charge in [0.15, 0.2) is 0 Å². The Morgan fingerprint density at radius 1 is 1.00 bits per heavy atom. The fourth-order valence-electron chi connectivity index (χ4n) is 3.88. The second kappa shape index (κ2) is 7.90. The molecule has 2 saturated heterocycles. The molecule has 0 amide bonds. The molecule has 0 aromatic carbocycles. The number of likely N-dealkylation sites (tertiary alicyclic amines) is 1. The Balaban J connectivity index is 1.77. The van der Waals surface area contributed by atoms with Gasteiger partial charge in [-0.2, -0.15) is 4.31 Å². The van der Waals surface area contributed by atoms with Crippen molar-refractivity contribution in [2.45, 2.75) is 45.6 Å². The van der Waals surface area contributed by atoms with Gasteiger partial charge in [-0.15, -0.1) is 0 Å². The van der Waals surface area contributed by atoms with Gasteiger partial charge < -0.3 is 9.80 Å². The highest BCUT2D eigenvalue weighted by Gasteiger charge is 2.34. The average Bonchev–Trinajstić information content (AvgIpc) is 2.48. The van der Waals surface area contributed by atoms with E-state index in [1.165, 1.54) is 38.9 Å². The van der Waals surface area contributed by atoms with Gasteiger partial charge in [0, 0.05) is 12.8 Å². The maximum atomic E-state index is 12.1. The third kappa shape index (κ3) is 4.65. The molecule has 0 aromatic rings. The predicted octanol–water partition coefficient (Wildman–Crippen LogP) is -1.62. The summed E-state index contributed by atoms with van der Waals surface area (Å²) in [7, 11) is -2.99. The predicted molar refractivity (Wildman–Crippen MR) is 85.2 cm³/mol. The first-order valence-electron chi connectivity index (χ1n) is 8.72. The Bertz CT molecular complexity index is 397. The highest BCUT2D eigenvalue weighted by Crippen LogP contribution is 2.05. The second-order valence-electron chi connectivity index (χ2n) is 6.65. The van der Waals surface area contributed by atoms with E-state index in [9.17, 15) is 8.42 Å². The van der Waals surface area contributed by atoms with E-state index in [-0.39, 0.29) is 0 Å². The third-order valence-electron chi connectivity index (χ3n) is 5.09. The van der Waals surface area contributed by atoms with E-state index in [0.717, 1.165) is 32.2 Å². The molecule has 0 aromatic heterocycles. The van der Waals surface area contributed by atoms with E-state index in [2.05, 4.69) is 6.92 Å². The molecule has 0 unspecified atom stereocenters. The molecule has 2 N–H and O–H groups in total. The van der Waals surface area contributed by atoms with Gasteiger partial charge >= 0.3 is 0 Å². The first kappa shape index (κ1) is 17.2. The average molecular weight is 320 g/mol. The summed E-state index contributed by atoms with van der Waals surface area (Å²) in [5.74, 6) is 0.307. The van der Waals surface area contributed by atoms with E-state index >= 15 is 0 Å². The number of hydrogen-bond donors (Lipinski definition) is 2. The summed E-state index contributed by atoms with van der Waals surface area (Å²) in [6.07, 6.45) is 4.62. The summed E-state index contributed by atoms with van der Waals surface area (Å²) < 4.78 is 25.9. The van der Waals surface area contributed by atoms with E-state index in [4.69, 9.17) is 0 Å². The molecule has 0 atom stereocenters. The molecule has 0 bridgehead atoms. The fourth-order valence-corrected chi connectivity index (χ4v) is 5.40. The molecule has 2 heterocycles. The molecule has 124 valence electrons. The summed E-state index contributed by atoms with van der Waals surface area (Å²) in [5.41, 5.74) is 0. The molecule has 0 aliphatic carbocycles. The standard InChI is InChI=1S/C15H31N3O2S/c1-3-7-16-8-5-15(6-9-16)17-10-12-18(13-11-17)21(19,20)14-4-2/h15H,3-14H2,1-2H3/p+2. The van der Waals surface area contributed by atoms with Gasteiger partial charge in [-0.1, -0.05) is 13.8 Å². The fraction of sp³-hybridized carbons (Fsp3) is 1.00. The molecule has 2 aliphatic rings. The van der Waals surface area contributed by atoms with E-state index < -0.39 is 10.0 Å². The lowest BCUT2D eigenvalue weighted by atomic mass is 10.0.